The zero-order valence-corrected chi connectivity index (χ0v) is 26.9. The van der Waals surface area contributed by atoms with Crippen molar-refractivity contribution in [2.75, 3.05) is 13.1 Å². The highest BCUT2D eigenvalue weighted by atomic mass is 32.1. The minimum atomic E-state index is -2.10. The zero-order chi connectivity index (χ0) is 30.8. The van der Waals surface area contributed by atoms with E-state index in [0.29, 0.717) is 53.3 Å². The predicted octanol–water partition coefficient (Wildman–Crippen LogP) is 5.47. The van der Waals surface area contributed by atoms with Gasteiger partial charge in [0.25, 0.3) is 11.6 Å². The van der Waals surface area contributed by atoms with Crippen LogP contribution in [0.25, 0.3) is 0 Å². The number of hydrogen-bond donors (Lipinski definition) is 2. The van der Waals surface area contributed by atoms with Crippen molar-refractivity contribution in [2.45, 2.75) is 89.8 Å². The van der Waals surface area contributed by atoms with Crippen LogP contribution in [0.2, 0.25) is 16.6 Å². The van der Waals surface area contributed by atoms with Gasteiger partial charge in [0, 0.05) is 25.1 Å². The number of thiophene rings is 1. The number of amides is 2. The van der Waals surface area contributed by atoms with Gasteiger partial charge in [0.15, 0.2) is 0 Å². The van der Waals surface area contributed by atoms with E-state index < -0.39 is 36.9 Å². The van der Waals surface area contributed by atoms with E-state index in [1.807, 2.05) is 18.2 Å². The summed E-state index contributed by atoms with van der Waals surface area (Å²) in [6, 6.07) is 7.01. The number of likely N-dealkylation sites (tertiary alicyclic amines) is 1. The van der Waals surface area contributed by atoms with Crippen molar-refractivity contribution < 1.29 is 24.0 Å². The smallest absolute Gasteiger partial charge is 0.407 e. The van der Waals surface area contributed by atoms with Gasteiger partial charge in [0.1, 0.15) is 0 Å². The van der Waals surface area contributed by atoms with Gasteiger partial charge < -0.3 is 19.7 Å². The van der Waals surface area contributed by atoms with Gasteiger partial charge in [0.05, 0.1) is 32.5 Å². The van der Waals surface area contributed by atoms with Crippen LogP contribution in [0, 0.1) is 16.0 Å². The van der Waals surface area contributed by atoms with E-state index >= 15 is 0 Å². The number of carbonyl (C=O) groups is 2. The first-order chi connectivity index (χ1) is 19.8. The van der Waals surface area contributed by atoms with Gasteiger partial charge in [-0.2, -0.15) is 0 Å². The van der Waals surface area contributed by atoms with Crippen LogP contribution in [0.1, 0.15) is 76.0 Å². The van der Waals surface area contributed by atoms with Gasteiger partial charge in [-0.1, -0.05) is 54.0 Å². The molecule has 2 N–H and O–H groups in total. The molecular formula is C29H41N5O6SSi. The highest BCUT2D eigenvalue weighted by Gasteiger charge is 2.46. The Balaban J connectivity index is 1.71. The quantitative estimate of drug-likeness (QED) is 0.206. The van der Waals surface area contributed by atoms with Gasteiger partial charge in [-0.15, -0.1) is 11.3 Å². The van der Waals surface area contributed by atoms with E-state index in [-0.39, 0.29) is 17.1 Å². The van der Waals surface area contributed by atoms with Gasteiger partial charge in [0.2, 0.25) is 14.1 Å². The molecule has 42 heavy (non-hydrogen) atoms. The highest BCUT2D eigenvalue weighted by Crippen LogP contribution is 2.42. The lowest BCUT2D eigenvalue weighted by molar-refractivity contribution is -0.384. The molecule has 2 atom stereocenters. The Morgan fingerprint density at radius 3 is 2.40 bits per heavy atom. The second kappa shape index (κ2) is 12.6. The molecule has 11 nitrogen and oxygen atoms in total. The average molecular weight is 616 g/mol. The summed E-state index contributed by atoms with van der Waals surface area (Å²) in [5.41, 5.74) is 2.11. The molecule has 0 saturated carbocycles. The van der Waals surface area contributed by atoms with Crippen LogP contribution in [-0.4, -0.2) is 54.1 Å². The Hall–Kier alpha value is -3.16. The van der Waals surface area contributed by atoms with Gasteiger partial charge >= 0.3 is 6.09 Å². The normalized spacial score (nSPS) is 20.7. The molecule has 1 saturated heterocycles. The van der Waals surface area contributed by atoms with Gasteiger partial charge in [-0.25, -0.2) is 14.8 Å². The van der Waals surface area contributed by atoms with Crippen molar-refractivity contribution in [3.05, 3.63) is 60.9 Å². The number of nitrogens with zero attached hydrogens (tertiary/aromatic N) is 4. The SMILES string of the molecule is CC(C)[Si](OCc1ccc2c(c1)=NC(NC(=O)c1cc([N+](=O)[O-])cs1)([C@@H]1CCCCN(C(=O)O)C1)N=2)(C(C)C)C(C)C. The fourth-order valence-corrected chi connectivity index (χ4v) is 12.9. The fraction of sp³-hybridized carbons (Fsp3) is 0.586. The molecule has 0 spiro atoms. The van der Waals surface area contributed by atoms with Crippen LogP contribution >= 0.6 is 11.3 Å². The molecule has 1 fully saturated rings. The number of nitro groups is 1. The Morgan fingerprint density at radius 2 is 1.81 bits per heavy atom. The van der Waals surface area contributed by atoms with E-state index in [1.165, 1.54) is 16.3 Å². The van der Waals surface area contributed by atoms with Gasteiger partial charge in [-0.3, -0.25) is 14.9 Å². The third-order valence-corrected chi connectivity index (χ3v) is 15.6. The second-order valence-corrected chi connectivity index (χ2v) is 18.6. The molecule has 1 aromatic heterocycles. The first-order valence-electron chi connectivity index (χ1n) is 14.5. The van der Waals surface area contributed by atoms with Crippen molar-refractivity contribution >= 4 is 37.3 Å². The van der Waals surface area contributed by atoms with Crippen LogP contribution in [0.4, 0.5) is 10.5 Å². The second-order valence-electron chi connectivity index (χ2n) is 12.2. The van der Waals surface area contributed by atoms with Crippen molar-refractivity contribution in [2.24, 2.45) is 15.9 Å². The van der Waals surface area contributed by atoms with Crippen LogP contribution in [0.5, 0.6) is 0 Å². The number of rotatable bonds is 10. The maximum atomic E-state index is 13.4. The molecule has 0 radical (unpaired) electrons. The Morgan fingerprint density at radius 1 is 1.14 bits per heavy atom. The minimum absolute atomic E-state index is 0.155. The summed E-state index contributed by atoms with van der Waals surface area (Å²) in [5.74, 6) is -2.41. The van der Waals surface area contributed by atoms with Crippen molar-refractivity contribution in [3.8, 4) is 0 Å². The third kappa shape index (κ3) is 6.27. The summed E-state index contributed by atoms with van der Waals surface area (Å²) < 4.78 is 6.80. The number of nitrogens with one attached hydrogen (secondary N) is 1. The third-order valence-electron chi connectivity index (χ3n) is 8.65. The molecule has 2 aliphatic heterocycles. The van der Waals surface area contributed by atoms with E-state index in [0.717, 1.165) is 23.3 Å². The minimum Gasteiger partial charge on any atom is -0.465 e. The van der Waals surface area contributed by atoms with Crippen molar-refractivity contribution in [1.29, 1.82) is 0 Å². The summed E-state index contributed by atoms with van der Waals surface area (Å²) in [7, 11) is -2.10. The lowest BCUT2D eigenvalue weighted by Gasteiger charge is -2.42. The van der Waals surface area contributed by atoms with Crippen molar-refractivity contribution in [3.63, 3.8) is 0 Å². The predicted molar refractivity (Wildman–Crippen MR) is 163 cm³/mol. The summed E-state index contributed by atoms with van der Waals surface area (Å²) in [6.07, 6.45) is 1.03. The van der Waals surface area contributed by atoms with E-state index in [9.17, 15) is 24.8 Å². The number of carboxylic acid groups (broad SMARTS) is 1. The number of fused-ring (bicyclic) bond motifs is 1. The summed E-state index contributed by atoms with van der Waals surface area (Å²) in [5, 5.41) is 26.5. The Kier molecular flexibility index (Phi) is 9.53. The Labute approximate surface area is 251 Å². The van der Waals surface area contributed by atoms with Crippen molar-refractivity contribution in [1.82, 2.24) is 10.2 Å². The molecule has 2 aromatic rings. The first kappa shape index (κ1) is 31.8. The number of hydrogen-bond acceptors (Lipinski definition) is 8. The average Bonchev–Trinajstić information content (AvgIpc) is 3.46. The van der Waals surface area contributed by atoms with E-state index in [2.05, 4.69) is 46.9 Å². The molecule has 2 amide bonds. The zero-order valence-electron chi connectivity index (χ0n) is 25.1. The fourth-order valence-electron chi connectivity index (χ4n) is 6.70. The lowest BCUT2D eigenvalue weighted by Crippen LogP contribution is -2.53. The van der Waals surface area contributed by atoms with Crippen LogP contribution in [0.15, 0.2) is 39.6 Å². The highest BCUT2D eigenvalue weighted by molar-refractivity contribution is 7.12. The molecule has 228 valence electrons. The molecule has 13 heteroatoms. The lowest BCUT2D eigenvalue weighted by atomic mass is 9.95. The first-order valence-corrected chi connectivity index (χ1v) is 17.6. The standard InChI is InChI=1S/C29H41N5O6SSi/c1-18(2)42(19(3)4,20(5)6)40-16-21-10-11-24-25(13-21)31-29(30-24,22-9-7-8-12-33(15-22)28(36)37)32-27(35)26-14-23(17-41-26)34(38)39/h10-11,13-14,17-20,22H,7-9,12,15-16H2,1-6H3,(H,32,35)(H,36,37)/t22-,29?/m1/s1. The van der Waals surface area contributed by atoms with Gasteiger partial charge in [-0.05, 0) is 47.2 Å². The molecule has 0 aliphatic carbocycles. The largest absolute Gasteiger partial charge is 0.465 e. The van der Waals surface area contributed by atoms with E-state index in [1.54, 1.807) is 0 Å². The molecular weight excluding hydrogens is 575 g/mol. The van der Waals surface area contributed by atoms with Crippen LogP contribution in [0.3, 0.4) is 0 Å². The molecule has 0 bridgehead atoms. The monoisotopic (exact) mass is 615 g/mol. The summed E-state index contributed by atoms with van der Waals surface area (Å²) in [4.78, 5) is 47.4. The molecule has 1 aromatic carbocycles. The number of carbonyl (C=O) groups excluding carboxylic acids is 1. The summed E-state index contributed by atoms with van der Waals surface area (Å²) >= 11 is 0.972. The molecule has 3 heterocycles. The maximum Gasteiger partial charge on any atom is 0.407 e. The molecule has 4 rings (SSSR count). The topological polar surface area (TPSA) is 147 Å². The van der Waals surface area contributed by atoms with E-state index in [4.69, 9.17) is 14.4 Å². The molecule has 1 unspecified atom stereocenters. The van der Waals surface area contributed by atoms with Crippen LogP contribution < -0.4 is 16.0 Å². The summed E-state index contributed by atoms with van der Waals surface area (Å²) in [6.45, 7) is 14.5. The maximum absolute atomic E-state index is 13.4. The number of benzene rings is 1. The Bertz CT molecular complexity index is 1440. The van der Waals surface area contributed by atoms with Crippen LogP contribution in [-0.2, 0) is 11.0 Å². The molecule has 2 aliphatic rings.